The third-order valence-corrected chi connectivity index (χ3v) is 4.43. The summed E-state index contributed by atoms with van der Waals surface area (Å²) < 4.78 is 5.81. The van der Waals surface area contributed by atoms with Gasteiger partial charge in [0.25, 0.3) is 0 Å². The average molecular weight is 271 g/mol. The fourth-order valence-electron chi connectivity index (χ4n) is 2.40. The van der Waals surface area contributed by atoms with E-state index < -0.39 is 0 Å². The quantitative estimate of drug-likeness (QED) is 0.713. The number of aliphatic hydroxyl groups excluding tert-OH is 1. The molecule has 0 aromatic rings. The molecule has 1 saturated carbocycles. The topological polar surface area (TPSA) is 41.5 Å². The molecule has 0 bridgehead atoms. The lowest BCUT2D eigenvalue weighted by Crippen LogP contribution is -2.37. The van der Waals surface area contributed by atoms with Gasteiger partial charge >= 0.3 is 0 Å². The minimum absolute atomic E-state index is 0.306. The first kappa shape index (κ1) is 16.9. The minimum atomic E-state index is -0.382. The van der Waals surface area contributed by atoms with Gasteiger partial charge < -0.3 is 15.2 Å². The first-order chi connectivity index (χ1) is 8.93. The molecule has 2 N–H and O–H groups in total. The number of hydrogen-bond donors (Lipinski definition) is 2. The average Bonchev–Trinajstić information content (AvgIpc) is 2.38. The van der Waals surface area contributed by atoms with Crippen molar-refractivity contribution in [3.8, 4) is 0 Å². The lowest BCUT2D eigenvalue weighted by atomic mass is 9.89. The van der Waals surface area contributed by atoms with Gasteiger partial charge in [-0.15, -0.1) is 0 Å². The summed E-state index contributed by atoms with van der Waals surface area (Å²) in [7, 11) is 0. The molecule has 19 heavy (non-hydrogen) atoms. The molecule has 114 valence electrons. The maximum absolute atomic E-state index is 9.91. The van der Waals surface area contributed by atoms with Crippen LogP contribution < -0.4 is 5.32 Å². The van der Waals surface area contributed by atoms with E-state index in [1.54, 1.807) is 0 Å². The van der Waals surface area contributed by atoms with Gasteiger partial charge in [0.05, 0.1) is 18.8 Å². The molecule has 0 heterocycles. The molecular formula is C16H33NO2. The predicted octanol–water partition coefficient (Wildman–Crippen LogP) is 2.97. The summed E-state index contributed by atoms with van der Waals surface area (Å²) >= 11 is 0. The summed E-state index contributed by atoms with van der Waals surface area (Å²) in [5.41, 5.74) is 0.306. The highest BCUT2D eigenvalue weighted by molar-refractivity contribution is 4.73. The van der Waals surface area contributed by atoms with E-state index in [4.69, 9.17) is 4.74 Å². The second-order valence-electron chi connectivity index (χ2n) is 7.02. The Bertz CT molecular complexity index is 235. The summed E-state index contributed by atoms with van der Waals surface area (Å²) in [4.78, 5) is 0. The van der Waals surface area contributed by atoms with Crippen LogP contribution in [0.15, 0.2) is 0 Å². The van der Waals surface area contributed by atoms with Gasteiger partial charge in [0, 0.05) is 13.1 Å². The largest absolute Gasteiger partial charge is 0.389 e. The van der Waals surface area contributed by atoms with Gasteiger partial charge in [-0.3, -0.25) is 0 Å². The van der Waals surface area contributed by atoms with Crippen molar-refractivity contribution in [1.29, 1.82) is 0 Å². The van der Waals surface area contributed by atoms with Crippen LogP contribution >= 0.6 is 0 Å². The molecule has 0 aromatic carbocycles. The smallest absolute Gasteiger partial charge is 0.0897 e. The highest BCUT2D eigenvalue weighted by Gasteiger charge is 2.20. The van der Waals surface area contributed by atoms with Crippen molar-refractivity contribution in [2.45, 2.75) is 72.0 Å². The molecule has 1 atom stereocenters. The Morgan fingerprint density at radius 3 is 2.47 bits per heavy atom. The van der Waals surface area contributed by atoms with Gasteiger partial charge in [0.2, 0.25) is 0 Å². The van der Waals surface area contributed by atoms with Crippen molar-refractivity contribution >= 4 is 0 Å². The lowest BCUT2D eigenvalue weighted by Gasteiger charge is -2.27. The summed E-state index contributed by atoms with van der Waals surface area (Å²) in [5, 5.41) is 13.3. The van der Waals surface area contributed by atoms with Gasteiger partial charge in [0.15, 0.2) is 0 Å². The summed E-state index contributed by atoms with van der Waals surface area (Å²) in [6, 6.07) is 0. The second kappa shape index (κ2) is 8.23. The standard InChI is InChI=1S/C16H33NO2/c1-5-16(3,4)12-17-10-14(18)11-19-15-8-6-13(2)7-9-15/h13-15,17-18H,5-12H2,1-4H3. The van der Waals surface area contributed by atoms with Crippen LogP contribution in [0.25, 0.3) is 0 Å². The third-order valence-electron chi connectivity index (χ3n) is 4.43. The van der Waals surface area contributed by atoms with Crippen LogP contribution in [0.4, 0.5) is 0 Å². The number of aliphatic hydroxyl groups is 1. The number of rotatable bonds is 8. The van der Waals surface area contributed by atoms with Gasteiger partial charge in [-0.05, 0) is 43.4 Å². The van der Waals surface area contributed by atoms with Crippen LogP contribution in [-0.2, 0) is 4.74 Å². The van der Waals surface area contributed by atoms with Crippen LogP contribution in [0.5, 0.6) is 0 Å². The zero-order chi connectivity index (χ0) is 14.3. The Hall–Kier alpha value is -0.120. The molecule has 0 radical (unpaired) electrons. The molecule has 0 amide bonds. The first-order valence-electron chi connectivity index (χ1n) is 7.93. The highest BCUT2D eigenvalue weighted by Crippen LogP contribution is 2.25. The van der Waals surface area contributed by atoms with E-state index in [9.17, 15) is 5.11 Å². The van der Waals surface area contributed by atoms with Crippen LogP contribution in [0.2, 0.25) is 0 Å². The van der Waals surface area contributed by atoms with E-state index in [-0.39, 0.29) is 6.10 Å². The molecule has 0 aromatic heterocycles. The molecule has 1 rings (SSSR count). The van der Waals surface area contributed by atoms with Gasteiger partial charge in [-0.25, -0.2) is 0 Å². The fourth-order valence-corrected chi connectivity index (χ4v) is 2.40. The van der Waals surface area contributed by atoms with Crippen molar-refractivity contribution in [2.24, 2.45) is 11.3 Å². The van der Waals surface area contributed by atoms with E-state index >= 15 is 0 Å². The molecule has 3 nitrogen and oxygen atoms in total. The Morgan fingerprint density at radius 1 is 1.26 bits per heavy atom. The fraction of sp³-hybridized carbons (Fsp3) is 1.00. The lowest BCUT2D eigenvalue weighted by molar-refractivity contribution is -0.0282. The zero-order valence-electron chi connectivity index (χ0n) is 13.2. The number of hydrogen-bond acceptors (Lipinski definition) is 3. The van der Waals surface area contributed by atoms with E-state index in [0.717, 1.165) is 31.7 Å². The molecule has 1 fully saturated rings. The molecule has 0 aliphatic heterocycles. The van der Waals surface area contributed by atoms with Crippen molar-refractivity contribution in [2.75, 3.05) is 19.7 Å². The van der Waals surface area contributed by atoms with Gasteiger partial charge in [-0.1, -0.05) is 27.7 Å². The highest BCUT2D eigenvalue weighted by atomic mass is 16.5. The van der Waals surface area contributed by atoms with Crippen molar-refractivity contribution in [3.05, 3.63) is 0 Å². The Kier molecular flexibility index (Phi) is 7.33. The van der Waals surface area contributed by atoms with E-state index in [1.807, 2.05) is 0 Å². The van der Waals surface area contributed by atoms with Crippen LogP contribution in [0, 0.1) is 11.3 Å². The maximum Gasteiger partial charge on any atom is 0.0897 e. The Morgan fingerprint density at radius 2 is 1.89 bits per heavy atom. The number of nitrogens with one attached hydrogen (secondary N) is 1. The van der Waals surface area contributed by atoms with Crippen LogP contribution in [-0.4, -0.2) is 37.0 Å². The minimum Gasteiger partial charge on any atom is -0.389 e. The summed E-state index contributed by atoms with van der Waals surface area (Å²) in [5.74, 6) is 0.850. The van der Waals surface area contributed by atoms with E-state index in [2.05, 4.69) is 33.0 Å². The van der Waals surface area contributed by atoms with E-state index in [1.165, 1.54) is 12.8 Å². The molecule has 0 saturated heterocycles. The predicted molar refractivity (Wildman–Crippen MR) is 80.3 cm³/mol. The first-order valence-corrected chi connectivity index (χ1v) is 7.93. The third kappa shape index (κ3) is 7.28. The Balaban J connectivity index is 2.06. The van der Waals surface area contributed by atoms with Crippen molar-refractivity contribution in [1.82, 2.24) is 5.32 Å². The molecule has 3 heteroatoms. The zero-order valence-corrected chi connectivity index (χ0v) is 13.2. The van der Waals surface area contributed by atoms with Crippen LogP contribution in [0.3, 0.4) is 0 Å². The molecule has 0 spiro atoms. The monoisotopic (exact) mass is 271 g/mol. The second-order valence-corrected chi connectivity index (χ2v) is 7.02. The summed E-state index contributed by atoms with van der Waals surface area (Å²) in [6.07, 6.45) is 5.99. The molecule has 1 aliphatic rings. The SMILES string of the molecule is CCC(C)(C)CNCC(O)COC1CCC(C)CC1. The molecule has 1 unspecified atom stereocenters. The summed E-state index contributed by atoms with van der Waals surface area (Å²) in [6.45, 7) is 11.0. The van der Waals surface area contributed by atoms with Crippen molar-refractivity contribution < 1.29 is 9.84 Å². The van der Waals surface area contributed by atoms with Gasteiger partial charge in [0.1, 0.15) is 0 Å². The van der Waals surface area contributed by atoms with Gasteiger partial charge in [-0.2, -0.15) is 0 Å². The van der Waals surface area contributed by atoms with Crippen LogP contribution in [0.1, 0.15) is 59.8 Å². The Labute approximate surface area is 119 Å². The molecular weight excluding hydrogens is 238 g/mol. The molecule has 1 aliphatic carbocycles. The van der Waals surface area contributed by atoms with Crippen molar-refractivity contribution in [3.63, 3.8) is 0 Å². The number of ether oxygens (including phenoxy) is 1. The normalized spacial score (nSPS) is 26.4. The maximum atomic E-state index is 9.91. The van der Waals surface area contributed by atoms with E-state index in [0.29, 0.717) is 24.7 Å².